The van der Waals surface area contributed by atoms with Gasteiger partial charge in [0.25, 0.3) is 0 Å². The van der Waals surface area contributed by atoms with E-state index in [4.69, 9.17) is 28.5 Å². The summed E-state index contributed by atoms with van der Waals surface area (Å²) in [4.78, 5) is 18.3. The van der Waals surface area contributed by atoms with E-state index in [-0.39, 0.29) is 6.61 Å². The Balaban J connectivity index is 2.02. The monoisotopic (exact) mass is 488 g/mol. The number of phosphoric acid groups is 1. The van der Waals surface area contributed by atoms with Gasteiger partial charge in [0.15, 0.2) is 0 Å². The van der Waals surface area contributed by atoms with E-state index in [1.165, 1.54) is 51.4 Å². The lowest BCUT2D eigenvalue weighted by Gasteiger charge is -2.18. The molecule has 0 aliphatic carbocycles. The van der Waals surface area contributed by atoms with Crippen molar-refractivity contribution < 1.29 is 33.1 Å². The van der Waals surface area contributed by atoms with Gasteiger partial charge in [-0.1, -0.05) is 95.8 Å². The predicted octanol–water partition coefficient (Wildman–Crippen LogP) is 6.28. The van der Waals surface area contributed by atoms with Gasteiger partial charge in [0.05, 0.1) is 32.5 Å². The van der Waals surface area contributed by atoms with E-state index in [1.54, 1.807) is 0 Å². The molecule has 1 aromatic carbocycles. The lowest BCUT2D eigenvalue weighted by atomic mass is 10.0. The Labute approximate surface area is 200 Å². The van der Waals surface area contributed by atoms with E-state index in [9.17, 15) is 4.57 Å². The zero-order valence-electron chi connectivity index (χ0n) is 20.4. The van der Waals surface area contributed by atoms with Gasteiger partial charge in [0, 0.05) is 0 Å². The number of phosphoric ester groups is 1. The van der Waals surface area contributed by atoms with Crippen LogP contribution in [0.4, 0.5) is 0 Å². The Morgan fingerprint density at radius 3 is 1.91 bits per heavy atom. The minimum absolute atomic E-state index is 0.146. The van der Waals surface area contributed by atoms with Gasteiger partial charge in [-0.2, -0.15) is 0 Å². The van der Waals surface area contributed by atoms with Crippen LogP contribution in [0.15, 0.2) is 30.3 Å². The Bertz CT molecular complexity index is 594. The number of hydrogen-bond donors (Lipinski definition) is 2. The predicted molar refractivity (Wildman–Crippen MR) is 132 cm³/mol. The molecule has 0 heterocycles. The first kappa shape index (κ1) is 30.1. The molecule has 0 aromatic heterocycles. The first-order valence-corrected chi connectivity index (χ1v) is 14.1. The molecule has 192 valence electrons. The molecule has 7 nitrogen and oxygen atoms in total. The molecule has 0 saturated carbocycles. The molecule has 0 saturated heterocycles. The number of benzene rings is 1. The maximum Gasteiger partial charge on any atom is 0.469 e. The third-order valence-corrected chi connectivity index (χ3v) is 5.90. The lowest BCUT2D eigenvalue weighted by molar-refractivity contribution is -0.00356. The largest absolute Gasteiger partial charge is 0.491 e. The van der Waals surface area contributed by atoms with Crippen molar-refractivity contribution >= 4 is 7.82 Å². The van der Waals surface area contributed by atoms with Crippen LogP contribution in [-0.4, -0.2) is 48.9 Å². The fourth-order valence-electron chi connectivity index (χ4n) is 3.57. The Kier molecular flexibility index (Phi) is 18.6. The summed E-state index contributed by atoms with van der Waals surface area (Å²) in [6.45, 7) is 4.00. The first-order valence-electron chi connectivity index (χ1n) is 12.6. The summed E-state index contributed by atoms with van der Waals surface area (Å²) < 4.78 is 32.7. The summed E-state index contributed by atoms with van der Waals surface area (Å²) >= 11 is 0. The molecule has 1 atom stereocenters. The smallest absolute Gasteiger partial charge is 0.469 e. The maximum absolute atomic E-state index is 11.2. The van der Waals surface area contributed by atoms with E-state index in [1.807, 2.05) is 30.3 Å². The van der Waals surface area contributed by atoms with Crippen LogP contribution in [0.1, 0.15) is 84.0 Å². The maximum atomic E-state index is 11.2. The number of hydrogen-bond acceptors (Lipinski definition) is 5. The minimum atomic E-state index is -4.53. The van der Waals surface area contributed by atoms with Gasteiger partial charge in [-0.05, 0) is 18.6 Å². The molecule has 33 heavy (non-hydrogen) atoms. The van der Waals surface area contributed by atoms with Gasteiger partial charge in [-0.25, -0.2) is 4.57 Å². The minimum Gasteiger partial charge on any atom is -0.491 e. The van der Waals surface area contributed by atoms with E-state index < -0.39 is 13.9 Å². The van der Waals surface area contributed by atoms with Crippen LogP contribution >= 0.6 is 7.82 Å². The summed E-state index contributed by atoms with van der Waals surface area (Å²) in [5, 5.41) is 0. The fourth-order valence-corrected chi connectivity index (χ4v) is 4.12. The van der Waals surface area contributed by atoms with Gasteiger partial charge in [0.2, 0.25) is 0 Å². The van der Waals surface area contributed by atoms with Crippen molar-refractivity contribution in [1.29, 1.82) is 0 Å². The zero-order valence-corrected chi connectivity index (χ0v) is 21.3. The summed E-state index contributed by atoms with van der Waals surface area (Å²) in [6, 6.07) is 9.54. The highest BCUT2D eigenvalue weighted by Crippen LogP contribution is 2.38. The molecule has 0 amide bonds. The SMILES string of the molecule is CCCCCCCCCCCCCC(COCCOCCOc1ccccc1)OP(=O)(O)O. The Hall–Kier alpha value is -0.950. The highest BCUT2D eigenvalue weighted by molar-refractivity contribution is 7.46. The van der Waals surface area contributed by atoms with Crippen molar-refractivity contribution in [2.45, 2.75) is 90.1 Å². The molecule has 8 heteroatoms. The van der Waals surface area contributed by atoms with E-state index >= 15 is 0 Å². The quantitative estimate of drug-likeness (QED) is 0.138. The Morgan fingerprint density at radius 1 is 0.758 bits per heavy atom. The normalized spacial score (nSPS) is 12.7. The molecule has 2 N–H and O–H groups in total. The molecule has 0 bridgehead atoms. The molecule has 1 aromatic rings. The van der Waals surface area contributed by atoms with Crippen LogP contribution in [0.3, 0.4) is 0 Å². The van der Waals surface area contributed by atoms with Crippen molar-refractivity contribution in [2.24, 2.45) is 0 Å². The number of unbranched alkanes of at least 4 members (excludes halogenated alkanes) is 10. The van der Waals surface area contributed by atoms with Gasteiger partial charge in [-0.3, -0.25) is 4.52 Å². The van der Waals surface area contributed by atoms with Crippen LogP contribution in [0.5, 0.6) is 5.75 Å². The average molecular weight is 489 g/mol. The summed E-state index contributed by atoms with van der Waals surface area (Å²) in [6.07, 6.45) is 13.5. The summed E-state index contributed by atoms with van der Waals surface area (Å²) in [5.41, 5.74) is 0. The fraction of sp³-hybridized carbons (Fsp3) is 0.760. The first-order chi connectivity index (χ1) is 16.0. The van der Waals surface area contributed by atoms with E-state index in [0.29, 0.717) is 32.8 Å². The highest BCUT2D eigenvalue weighted by Gasteiger charge is 2.22. The topological polar surface area (TPSA) is 94.5 Å². The molecule has 0 aliphatic rings. The van der Waals surface area contributed by atoms with Gasteiger partial charge in [-0.15, -0.1) is 0 Å². The highest BCUT2D eigenvalue weighted by atomic mass is 31.2. The number of ether oxygens (including phenoxy) is 3. The standard InChI is InChI=1S/C25H45O7P/c1-2-3-4-5-6-7-8-9-10-11-13-18-25(32-33(26,27)28)23-30-20-19-29-21-22-31-24-16-14-12-15-17-24/h12,14-17,25H,2-11,13,18-23H2,1H3,(H2,26,27,28). The van der Waals surface area contributed by atoms with Crippen LogP contribution < -0.4 is 4.74 Å². The third kappa shape index (κ3) is 20.2. The lowest BCUT2D eigenvalue weighted by Crippen LogP contribution is -2.21. The molecule has 0 radical (unpaired) electrons. The molecule has 0 fully saturated rings. The van der Waals surface area contributed by atoms with Gasteiger partial charge >= 0.3 is 7.82 Å². The second-order valence-corrected chi connectivity index (χ2v) is 9.58. The van der Waals surface area contributed by atoms with Crippen molar-refractivity contribution in [2.75, 3.05) is 33.0 Å². The molecule has 0 aliphatic heterocycles. The van der Waals surface area contributed by atoms with Crippen LogP contribution in [0, 0.1) is 0 Å². The molecular formula is C25H45O7P. The molecular weight excluding hydrogens is 443 g/mol. The summed E-state index contributed by atoms with van der Waals surface area (Å²) in [7, 11) is -4.53. The third-order valence-electron chi connectivity index (χ3n) is 5.33. The Morgan fingerprint density at radius 2 is 1.30 bits per heavy atom. The van der Waals surface area contributed by atoms with Gasteiger partial charge in [0.1, 0.15) is 12.4 Å². The number of rotatable bonds is 23. The second kappa shape index (κ2) is 20.4. The van der Waals surface area contributed by atoms with Crippen molar-refractivity contribution in [3.05, 3.63) is 30.3 Å². The van der Waals surface area contributed by atoms with Gasteiger partial charge < -0.3 is 24.0 Å². The van der Waals surface area contributed by atoms with Crippen LogP contribution in [0.2, 0.25) is 0 Å². The van der Waals surface area contributed by atoms with Crippen molar-refractivity contribution in [1.82, 2.24) is 0 Å². The van der Waals surface area contributed by atoms with Crippen molar-refractivity contribution in [3.8, 4) is 5.75 Å². The van der Waals surface area contributed by atoms with Crippen LogP contribution in [0.25, 0.3) is 0 Å². The molecule has 1 rings (SSSR count). The molecule has 1 unspecified atom stereocenters. The van der Waals surface area contributed by atoms with Crippen molar-refractivity contribution in [3.63, 3.8) is 0 Å². The zero-order chi connectivity index (χ0) is 24.0. The van der Waals surface area contributed by atoms with E-state index in [2.05, 4.69) is 6.92 Å². The second-order valence-electron chi connectivity index (χ2n) is 8.39. The summed E-state index contributed by atoms with van der Waals surface area (Å²) in [5.74, 6) is 0.803. The van der Waals surface area contributed by atoms with E-state index in [0.717, 1.165) is 25.0 Å². The van der Waals surface area contributed by atoms with Crippen LogP contribution in [-0.2, 0) is 18.6 Å². The average Bonchev–Trinajstić information content (AvgIpc) is 2.78. The number of para-hydroxylation sites is 1. The molecule has 0 spiro atoms.